The highest BCUT2D eigenvalue weighted by molar-refractivity contribution is 8.14. The molecule has 10 heteroatoms. The highest BCUT2D eigenvalue weighted by Gasteiger charge is 2.20. The van der Waals surface area contributed by atoms with E-state index in [1.54, 1.807) is 26.0 Å². The molecule has 1 aromatic carbocycles. The fourth-order valence-electron chi connectivity index (χ4n) is 3.55. The van der Waals surface area contributed by atoms with Gasteiger partial charge in [0.2, 0.25) is 5.95 Å². The number of amidine groups is 1. The molecular weight excluding hydrogens is 414 g/mol. The quantitative estimate of drug-likeness (QED) is 0.587. The molecule has 162 valence electrons. The highest BCUT2D eigenvalue weighted by Crippen LogP contribution is 2.28. The molecule has 31 heavy (non-hydrogen) atoms. The molecule has 0 bridgehead atoms. The summed E-state index contributed by atoms with van der Waals surface area (Å²) in [5.74, 6) is 2.92. The Bertz CT molecular complexity index is 1120. The first kappa shape index (κ1) is 21.0. The number of ether oxygens (including phenoxy) is 2. The molecule has 0 aliphatic carbocycles. The van der Waals surface area contributed by atoms with Crippen molar-refractivity contribution in [1.29, 1.82) is 0 Å². The maximum atomic E-state index is 5.36. The number of nitrogens with zero attached hydrogens (tertiary/aromatic N) is 5. The van der Waals surface area contributed by atoms with Crippen LogP contribution in [0.15, 0.2) is 40.7 Å². The highest BCUT2D eigenvalue weighted by atomic mass is 32.2. The first-order chi connectivity index (χ1) is 15.1. The van der Waals surface area contributed by atoms with Gasteiger partial charge in [-0.05, 0) is 44.0 Å². The Balaban J connectivity index is 1.41. The lowest BCUT2D eigenvalue weighted by molar-refractivity contribution is 0.354. The molecule has 0 saturated heterocycles. The van der Waals surface area contributed by atoms with Gasteiger partial charge in [-0.15, -0.1) is 0 Å². The SMILES string of the molecule is COc1ccc(CCN=C2NN=C(c3cc(C)n(-c4ncn[nH]4)c3C)CS2)cc1OC. The zero-order chi connectivity index (χ0) is 21.8. The lowest BCUT2D eigenvalue weighted by atomic mass is 10.1. The van der Waals surface area contributed by atoms with Crippen LogP contribution in [-0.2, 0) is 6.42 Å². The second-order valence-corrected chi connectivity index (χ2v) is 7.98. The minimum Gasteiger partial charge on any atom is -0.493 e. The van der Waals surface area contributed by atoms with Gasteiger partial charge >= 0.3 is 0 Å². The smallest absolute Gasteiger partial charge is 0.229 e. The van der Waals surface area contributed by atoms with Crippen molar-refractivity contribution in [1.82, 2.24) is 25.2 Å². The lowest BCUT2D eigenvalue weighted by Crippen LogP contribution is -2.26. The number of hydrogen-bond donors (Lipinski definition) is 2. The number of hydrogen-bond acceptors (Lipinski definition) is 7. The van der Waals surface area contributed by atoms with E-state index < -0.39 is 0 Å². The van der Waals surface area contributed by atoms with Crippen LogP contribution in [0.2, 0.25) is 0 Å². The van der Waals surface area contributed by atoms with Crippen LogP contribution >= 0.6 is 11.8 Å². The van der Waals surface area contributed by atoms with Crippen molar-refractivity contribution < 1.29 is 9.47 Å². The molecule has 0 spiro atoms. The Morgan fingerprint density at radius 3 is 2.68 bits per heavy atom. The summed E-state index contributed by atoms with van der Waals surface area (Å²) < 4.78 is 12.7. The standard InChI is InChI=1S/C21H25N7O2S/c1-13-9-16(14(2)28(13)20-23-12-24-26-20)17-11-31-21(27-25-17)22-8-7-15-5-6-18(29-3)19(10-15)30-4/h5-6,9-10,12H,7-8,11H2,1-4H3,(H,22,27)(H,23,24,26). The number of aromatic amines is 1. The van der Waals surface area contributed by atoms with Crippen LogP contribution in [0.3, 0.4) is 0 Å². The number of aryl methyl sites for hydroxylation is 1. The molecule has 1 aliphatic rings. The van der Waals surface area contributed by atoms with Gasteiger partial charge in [-0.25, -0.2) is 5.10 Å². The second-order valence-electron chi connectivity index (χ2n) is 7.01. The number of thioether (sulfide) groups is 1. The van der Waals surface area contributed by atoms with E-state index in [-0.39, 0.29) is 0 Å². The van der Waals surface area contributed by atoms with Crippen LogP contribution in [0.25, 0.3) is 5.95 Å². The van der Waals surface area contributed by atoms with Crippen LogP contribution in [0.4, 0.5) is 0 Å². The monoisotopic (exact) mass is 439 g/mol. The Labute approximate surface area is 185 Å². The van der Waals surface area contributed by atoms with Crippen molar-refractivity contribution in [3.63, 3.8) is 0 Å². The van der Waals surface area contributed by atoms with Gasteiger partial charge in [-0.2, -0.15) is 15.2 Å². The summed E-state index contributed by atoms with van der Waals surface area (Å²) in [6, 6.07) is 8.06. The molecule has 0 unspecified atom stereocenters. The third-order valence-corrected chi connectivity index (χ3v) is 6.00. The zero-order valence-electron chi connectivity index (χ0n) is 18.0. The molecule has 3 heterocycles. The van der Waals surface area contributed by atoms with E-state index in [2.05, 4.69) is 43.7 Å². The summed E-state index contributed by atoms with van der Waals surface area (Å²) >= 11 is 1.65. The summed E-state index contributed by atoms with van der Waals surface area (Å²) in [6.07, 6.45) is 2.31. The number of benzene rings is 1. The second kappa shape index (κ2) is 9.25. The van der Waals surface area contributed by atoms with Crippen molar-refractivity contribution >= 4 is 22.6 Å². The van der Waals surface area contributed by atoms with E-state index in [4.69, 9.17) is 9.47 Å². The molecule has 0 saturated carbocycles. The van der Waals surface area contributed by atoms with E-state index in [0.29, 0.717) is 12.5 Å². The third kappa shape index (κ3) is 4.43. The number of nitrogens with one attached hydrogen (secondary N) is 2. The normalized spacial score (nSPS) is 15.0. The molecule has 4 rings (SSSR count). The molecule has 0 atom stereocenters. The van der Waals surface area contributed by atoms with Gasteiger partial charge in [0.25, 0.3) is 0 Å². The fraction of sp³-hybridized carbons (Fsp3) is 0.333. The van der Waals surface area contributed by atoms with Crippen LogP contribution in [0.5, 0.6) is 11.5 Å². The van der Waals surface area contributed by atoms with Crippen molar-refractivity contribution in [2.45, 2.75) is 20.3 Å². The summed E-state index contributed by atoms with van der Waals surface area (Å²) in [7, 11) is 3.28. The van der Waals surface area contributed by atoms with Crippen LogP contribution in [0, 0.1) is 13.8 Å². The first-order valence-corrected chi connectivity index (χ1v) is 10.8. The maximum Gasteiger partial charge on any atom is 0.229 e. The predicted molar refractivity (Wildman–Crippen MR) is 123 cm³/mol. The van der Waals surface area contributed by atoms with E-state index in [1.165, 1.54) is 6.33 Å². The summed E-state index contributed by atoms with van der Waals surface area (Å²) in [5.41, 5.74) is 8.47. The van der Waals surface area contributed by atoms with Gasteiger partial charge < -0.3 is 9.47 Å². The molecular formula is C21H25N7O2S. The van der Waals surface area contributed by atoms with Crippen molar-refractivity contribution in [2.24, 2.45) is 10.1 Å². The Morgan fingerprint density at radius 2 is 2.00 bits per heavy atom. The Kier molecular flexibility index (Phi) is 6.26. The molecule has 0 radical (unpaired) electrons. The molecule has 2 N–H and O–H groups in total. The van der Waals surface area contributed by atoms with Crippen LogP contribution < -0.4 is 14.9 Å². The van der Waals surface area contributed by atoms with Gasteiger partial charge in [-0.3, -0.25) is 15.0 Å². The Morgan fingerprint density at radius 1 is 1.16 bits per heavy atom. The topological polar surface area (TPSA) is 102 Å². The van der Waals surface area contributed by atoms with Crippen molar-refractivity contribution in [2.75, 3.05) is 26.5 Å². The molecule has 0 amide bonds. The first-order valence-electron chi connectivity index (χ1n) is 9.86. The number of H-pyrrole nitrogens is 1. The van der Waals surface area contributed by atoms with E-state index in [1.807, 2.05) is 29.7 Å². The van der Waals surface area contributed by atoms with Crippen molar-refractivity contribution in [3.05, 3.63) is 53.1 Å². The summed E-state index contributed by atoms with van der Waals surface area (Å²) in [5, 5.41) is 12.3. The van der Waals surface area contributed by atoms with Gasteiger partial charge in [0.05, 0.1) is 19.9 Å². The van der Waals surface area contributed by atoms with E-state index >= 15 is 0 Å². The molecule has 9 nitrogen and oxygen atoms in total. The Hall–Kier alpha value is -3.27. The average molecular weight is 440 g/mol. The molecule has 2 aromatic heterocycles. The van der Waals surface area contributed by atoms with Gasteiger partial charge in [-0.1, -0.05) is 17.8 Å². The number of hydrazone groups is 1. The molecule has 1 aliphatic heterocycles. The largest absolute Gasteiger partial charge is 0.493 e. The zero-order valence-corrected chi connectivity index (χ0v) is 18.8. The fourth-order valence-corrected chi connectivity index (χ4v) is 4.33. The minimum absolute atomic E-state index is 0.662. The maximum absolute atomic E-state index is 5.36. The number of methoxy groups -OCH3 is 2. The van der Waals surface area contributed by atoms with Gasteiger partial charge in [0.1, 0.15) is 6.33 Å². The van der Waals surface area contributed by atoms with E-state index in [0.717, 1.165) is 57.1 Å². The summed E-state index contributed by atoms with van der Waals surface area (Å²) in [6.45, 7) is 4.77. The minimum atomic E-state index is 0.662. The average Bonchev–Trinajstić information content (AvgIpc) is 3.41. The third-order valence-electron chi connectivity index (χ3n) is 5.09. The lowest BCUT2D eigenvalue weighted by Gasteiger charge is -2.15. The van der Waals surface area contributed by atoms with Crippen molar-refractivity contribution in [3.8, 4) is 17.4 Å². The number of aliphatic imine (C=N–C) groups is 1. The number of aromatic nitrogens is 4. The molecule has 3 aromatic rings. The molecule has 0 fully saturated rings. The number of rotatable bonds is 7. The van der Waals surface area contributed by atoms with Crippen LogP contribution in [0.1, 0.15) is 22.5 Å². The van der Waals surface area contributed by atoms with E-state index in [9.17, 15) is 0 Å². The van der Waals surface area contributed by atoms with Gasteiger partial charge in [0.15, 0.2) is 16.7 Å². The summed E-state index contributed by atoms with van der Waals surface area (Å²) in [4.78, 5) is 8.91. The van der Waals surface area contributed by atoms with Gasteiger partial charge in [0, 0.05) is 29.2 Å². The predicted octanol–water partition coefficient (Wildman–Crippen LogP) is 2.87. The van der Waals surface area contributed by atoms with Crippen LogP contribution in [-0.4, -0.2) is 57.1 Å².